The van der Waals surface area contributed by atoms with E-state index in [1.165, 1.54) is 11.3 Å². The molecule has 0 spiro atoms. The first-order valence-corrected chi connectivity index (χ1v) is 13.1. The maximum Gasteiger partial charge on any atom is 0.319 e. The average molecular weight is 520 g/mol. The zero-order chi connectivity index (χ0) is 25.3. The van der Waals surface area contributed by atoms with Gasteiger partial charge in [0.15, 0.2) is 0 Å². The Morgan fingerprint density at radius 1 is 0.944 bits per heavy atom. The first-order chi connectivity index (χ1) is 17.5. The number of nitrogens with one attached hydrogen (secondary N) is 3. The average Bonchev–Trinajstić information content (AvgIpc) is 3.37. The Morgan fingerprint density at radius 3 is 2.33 bits per heavy atom. The number of nitrogens with zero attached hydrogens (tertiary/aromatic N) is 2. The van der Waals surface area contributed by atoms with Crippen molar-refractivity contribution in [3.05, 3.63) is 84.4 Å². The van der Waals surface area contributed by atoms with E-state index in [0.29, 0.717) is 22.2 Å². The van der Waals surface area contributed by atoms with Gasteiger partial charge in [0.25, 0.3) is 0 Å². The van der Waals surface area contributed by atoms with Crippen molar-refractivity contribution in [2.45, 2.75) is 17.4 Å². The minimum Gasteiger partial charge on any atom is -0.497 e. The molecule has 3 aromatic carbocycles. The van der Waals surface area contributed by atoms with E-state index in [1.807, 2.05) is 85.1 Å². The Bertz CT molecular complexity index is 1300. The van der Waals surface area contributed by atoms with Gasteiger partial charge < -0.3 is 15.4 Å². The number of urea groups is 1. The summed E-state index contributed by atoms with van der Waals surface area (Å²) >= 11 is 2.87. The maximum atomic E-state index is 13.2. The fourth-order valence-electron chi connectivity index (χ4n) is 3.38. The topological polar surface area (TPSA) is 105 Å². The van der Waals surface area contributed by atoms with Crippen LogP contribution in [0.25, 0.3) is 10.6 Å². The summed E-state index contributed by atoms with van der Waals surface area (Å²) in [5.41, 5.74) is 2.41. The van der Waals surface area contributed by atoms with Gasteiger partial charge in [0, 0.05) is 22.6 Å². The van der Waals surface area contributed by atoms with Crippen LogP contribution in [0.4, 0.5) is 15.6 Å². The van der Waals surface area contributed by atoms with E-state index in [0.717, 1.165) is 21.8 Å². The van der Waals surface area contributed by atoms with Gasteiger partial charge in [-0.3, -0.25) is 10.1 Å². The first-order valence-electron chi connectivity index (χ1n) is 11.1. The van der Waals surface area contributed by atoms with E-state index in [2.05, 4.69) is 26.1 Å². The molecule has 0 saturated heterocycles. The number of anilines is 2. The van der Waals surface area contributed by atoms with Crippen molar-refractivity contribution < 1.29 is 14.3 Å². The van der Waals surface area contributed by atoms with Crippen LogP contribution in [0.3, 0.4) is 0 Å². The number of hydrogen-bond donors (Lipinski definition) is 3. The second kappa shape index (κ2) is 12.2. The summed E-state index contributed by atoms with van der Waals surface area (Å²) in [4.78, 5) is 27.0. The molecule has 10 heteroatoms. The summed E-state index contributed by atoms with van der Waals surface area (Å²) in [6, 6.07) is 23.1. The molecule has 1 atom stereocenters. The molecule has 0 aliphatic rings. The molecule has 1 heterocycles. The monoisotopic (exact) mass is 519 g/mol. The molecule has 0 fully saturated rings. The van der Waals surface area contributed by atoms with E-state index in [4.69, 9.17) is 4.74 Å². The summed E-state index contributed by atoms with van der Waals surface area (Å²) in [5, 5.41) is 17.7. The highest BCUT2D eigenvalue weighted by atomic mass is 32.2. The van der Waals surface area contributed by atoms with E-state index in [1.54, 1.807) is 18.9 Å². The fourth-order valence-corrected chi connectivity index (χ4v) is 4.54. The van der Waals surface area contributed by atoms with Crippen molar-refractivity contribution in [1.29, 1.82) is 0 Å². The van der Waals surface area contributed by atoms with Gasteiger partial charge in [0.05, 0.1) is 7.11 Å². The Kier molecular flexibility index (Phi) is 8.53. The molecular weight excluding hydrogens is 494 g/mol. The minimum atomic E-state index is -0.828. The van der Waals surface area contributed by atoms with Gasteiger partial charge in [0.2, 0.25) is 11.0 Å². The van der Waals surface area contributed by atoms with Gasteiger partial charge in [0.1, 0.15) is 16.8 Å². The smallest absolute Gasteiger partial charge is 0.319 e. The second-order valence-corrected chi connectivity index (χ2v) is 9.56. The normalized spacial score (nSPS) is 11.4. The molecule has 4 rings (SSSR count). The molecule has 3 N–H and O–H groups in total. The Morgan fingerprint density at radius 2 is 1.67 bits per heavy atom. The van der Waals surface area contributed by atoms with Gasteiger partial charge >= 0.3 is 6.03 Å². The maximum absolute atomic E-state index is 13.2. The summed E-state index contributed by atoms with van der Waals surface area (Å²) in [7, 11) is 1.61. The molecule has 1 unspecified atom stereocenters. The number of aromatic nitrogens is 2. The molecule has 0 bridgehead atoms. The molecule has 3 amide bonds. The van der Waals surface area contributed by atoms with Crippen LogP contribution in [-0.2, 0) is 11.2 Å². The summed E-state index contributed by atoms with van der Waals surface area (Å²) in [6.45, 7) is 0. The highest BCUT2D eigenvalue weighted by Gasteiger charge is 2.23. The second-order valence-electron chi connectivity index (χ2n) is 7.70. The van der Waals surface area contributed by atoms with Crippen molar-refractivity contribution in [3.63, 3.8) is 0 Å². The molecule has 0 aliphatic carbocycles. The lowest BCUT2D eigenvalue weighted by Crippen LogP contribution is -2.46. The molecular formula is C26H25N5O3S2. The lowest BCUT2D eigenvalue weighted by molar-refractivity contribution is -0.117. The molecule has 4 aromatic rings. The molecule has 0 aliphatic heterocycles. The quantitative estimate of drug-likeness (QED) is 0.259. The number of carbonyl (C=O) groups excluding carboxylic acids is 2. The summed E-state index contributed by atoms with van der Waals surface area (Å²) in [6.07, 6.45) is 2.30. The van der Waals surface area contributed by atoms with Crippen molar-refractivity contribution in [2.75, 3.05) is 24.0 Å². The Balaban J connectivity index is 1.45. The number of carbonyl (C=O) groups is 2. The van der Waals surface area contributed by atoms with Gasteiger partial charge in [-0.05, 0) is 60.4 Å². The van der Waals surface area contributed by atoms with Crippen LogP contribution in [0.15, 0.2) is 83.8 Å². The third-order valence-electron chi connectivity index (χ3n) is 5.24. The molecule has 36 heavy (non-hydrogen) atoms. The molecule has 8 nitrogen and oxygen atoms in total. The van der Waals surface area contributed by atoms with Crippen LogP contribution < -0.4 is 20.7 Å². The van der Waals surface area contributed by atoms with Crippen molar-refractivity contribution in [3.8, 4) is 16.3 Å². The molecule has 1 aromatic heterocycles. The van der Waals surface area contributed by atoms with Crippen LogP contribution in [0.5, 0.6) is 5.75 Å². The third-order valence-corrected chi connectivity index (χ3v) is 6.88. The van der Waals surface area contributed by atoms with Crippen molar-refractivity contribution >= 4 is 45.9 Å². The number of hydrogen-bond acceptors (Lipinski definition) is 7. The summed E-state index contributed by atoms with van der Waals surface area (Å²) < 4.78 is 5.19. The fraction of sp³-hybridized carbons (Fsp3) is 0.154. The van der Waals surface area contributed by atoms with Crippen LogP contribution in [0, 0.1) is 0 Å². The van der Waals surface area contributed by atoms with Crippen LogP contribution in [0.1, 0.15) is 5.56 Å². The molecule has 184 valence electrons. The number of benzene rings is 3. The van der Waals surface area contributed by atoms with E-state index < -0.39 is 12.1 Å². The third kappa shape index (κ3) is 6.83. The Labute approximate surface area is 217 Å². The van der Waals surface area contributed by atoms with E-state index in [9.17, 15) is 9.59 Å². The van der Waals surface area contributed by atoms with E-state index in [-0.39, 0.29) is 5.91 Å². The highest BCUT2D eigenvalue weighted by molar-refractivity contribution is 7.98. The first kappa shape index (κ1) is 25.2. The van der Waals surface area contributed by atoms with Gasteiger partial charge in [-0.15, -0.1) is 22.0 Å². The number of rotatable bonds is 9. The number of amides is 3. The van der Waals surface area contributed by atoms with Crippen molar-refractivity contribution in [2.24, 2.45) is 0 Å². The number of ether oxygens (including phenoxy) is 1. The molecule has 0 saturated carbocycles. The minimum absolute atomic E-state index is 0.315. The van der Waals surface area contributed by atoms with Crippen molar-refractivity contribution in [1.82, 2.24) is 15.5 Å². The standard InChI is InChI=1S/C26H25N5O3S2/c1-34-20-12-8-18(9-13-20)24-30-31-26(36-24)29-23(32)22(16-17-6-4-3-5-7-17)28-25(33)27-19-10-14-21(35-2)15-11-19/h3-15,22H,16H2,1-2H3,(H2,27,28,33)(H,29,31,32). The lowest BCUT2D eigenvalue weighted by Gasteiger charge is -2.18. The number of thioether (sulfide) groups is 1. The van der Waals surface area contributed by atoms with Crippen LogP contribution in [0.2, 0.25) is 0 Å². The highest BCUT2D eigenvalue weighted by Crippen LogP contribution is 2.28. The number of methoxy groups -OCH3 is 1. The zero-order valence-corrected chi connectivity index (χ0v) is 21.4. The lowest BCUT2D eigenvalue weighted by atomic mass is 10.1. The predicted molar refractivity (Wildman–Crippen MR) is 145 cm³/mol. The SMILES string of the molecule is COc1ccc(-c2nnc(NC(=O)C(Cc3ccccc3)NC(=O)Nc3ccc(SC)cc3)s2)cc1. The van der Waals surface area contributed by atoms with Gasteiger partial charge in [-0.1, -0.05) is 41.7 Å². The molecule has 0 radical (unpaired) electrons. The van der Waals surface area contributed by atoms with Gasteiger partial charge in [-0.25, -0.2) is 4.79 Å². The van der Waals surface area contributed by atoms with Crippen LogP contribution >= 0.6 is 23.1 Å². The van der Waals surface area contributed by atoms with E-state index >= 15 is 0 Å². The Hall–Kier alpha value is -3.89. The predicted octanol–water partition coefficient (Wildman–Crippen LogP) is 5.31. The largest absolute Gasteiger partial charge is 0.497 e. The summed E-state index contributed by atoms with van der Waals surface area (Å²) in [5.74, 6) is 0.356. The van der Waals surface area contributed by atoms with Gasteiger partial charge in [-0.2, -0.15) is 0 Å². The van der Waals surface area contributed by atoms with Crippen LogP contribution in [-0.4, -0.2) is 41.5 Å². The zero-order valence-electron chi connectivity index (χ0n) is 19.7.